The van der Waals surface area contributed by atoms with Crippen molar-refractivity contribution in [3.8, 4) is 11.1 Å². The van der Waals surface area contributed by atoms with Crippen LogP contribution < -0.4 is 5.73 Å². The summed E-state index contributed by atoms with van der Waals surface area (Å²) in [5.41, 5.74) is 8.34. The molecule has 3 rings (SSSR count). The highest BCUT2D eigenvalue weighted by molar-refractivity contribution is 6.39. The lowest BCUT2D eigenvalue weighted by molar-refractivity contribution is -0.0713. The van der Waals surface area contributed by atoms with Gasteiger partial charge in [-0.15, -0.1) is 0 Å². The van der Waals surface area contributed by atoms with E-state index in [4.69, 9.17) is 33.7 Å². The van der Waals surface area contributed by atoms with E-state index in [9.17, 15) is 0 Å². The van der Waals surface area contributed by atoms with Gasteiger partial charge in [-0.05, 0) is 31.4 Å². The Morgan fingerprint density at radius 1 is 1.29 bits per heavy atom. The topological polar surface area (TPSA) is 63.9 Å². The molecule has 0 amide bonds. The molecule has 1 aromatic carbocycles. The first kappa shape index (κ1) is 14.7. The molecule has 1 fully saturated rings. The Kier molecular flexibility index (Phi) is 3.86. The molecule has 0 saturated heterocycles. The number of methoxy groups -OCH3 is 1. The standard InChI is InChI=1S/C15H17Cl2N3O/c1-21-15(6-3-7-15)8-11-13(14(18)20-19-11)12-9(16)4-2-5-10(12)17/h2,4-5H,3,6-8H2,1H3,(H3,18,19,20). The van der Waals surface area contributed by atoms with Crippen molar-refractivity contribution in [3.63, 3.8) is 0 Å². The van der Waals surface area contributed by atoms with E-state index in [1.54, 1.807) is 19.2 Å². The second-order valence-corrected chi connectivity index (χ2v) is 6.29. The third kappa shape index (κ3) is 2.52. The summed E-state index contributed by atoms with van der Waals surface area (Å²) in [5, 5.41) is 8.28. The Hall–Kier alpha value is -1.23. The van der Waals surface area contributed by atoms with Gasteiger partial charge in [0.1, 0.15) is 0 Å². The summed E-state index contributed by atoms with van der Waals surface area (Å²) >= 11 is 12.6. The molecule has 0 aliphatic heterocycles. The van der Waals surface area contributed by atoms with Crippen molar-refractivity contribution in [1.29, 1.82) is 0 Å². The van der Waals surface area contributed by atoms with Crippen LogP contribution in [0, 0.1) is 0 Å². The molecule has 4 nitrogen and oxygen atoms in total. The van der Waals surface area contributed by atoms with E-state index < -0.39 is 0 Å². The van der Waals surface area contributed by atoms with Crippen molar-refractivity contribution >= 4 is 29.0 Å². The molecule has 112 valence electrons. The summed E-state index contributed by atoms with van der Waals surface area (Å²) < 4.78 is 5.68. The minimum Gasteiger partial charge on any atom is -0.382 e. The molecule has 21 heavy (non-hydrogen) atoms. The zero-order valence-corrected chi connectivity index (χ0v) is 13.3. The zero-order valence-electron chi connectivity index (χ0n) is 11.7. The maximum atomic E-state index is 6.30. The summed E-state index contributed by atoms with van der Waals surface area (Å²) in [6.45, 7) is 0. The number of halogens is 2. The number of rotatable bonds is 4. The lowest BCUT2D eigenvalue weighted by Crippen LogP contribution is -2.41. The third-order valence-electron chi connectivity index (χ3n) is 4.28. The van der Waals surface area contributed by atoms with Gasteiger partial charge in [-0.25, -0.2) is 0 Å². The fourth-order valence-electron chi connectivity index (χ4n) is 2.88. The van der Waals surface area contributed by atoms with E-state index >= 15 is 0 Å². The normalized spacial score (nSPS) is 16.7. The number of nitrogens with one attached hydrogen (secondary N) is 1. The molecule has 0 radical (unpaired) electrons. The molecule has 1 aliphatic carbocycles. The number of hydrogen-bond acceptors (Lipinski definition) is 3. The van der Waals surface area contributed by atoms with Crippen LogP contribution in [0.25, 0.3) is 11.1 Å². The van der Waals surface area contributed by atoms with Gasteiger partial charge in [0.25, 0.3) is 0 Å². The zero-order chi connectivity index (χ0) is 15.0. The fourth-order valence-corrected chi connectivity index (χ4v) is 3.47. The first-order chi connectivity index (χ1) is 10.1. The number of benzene rings is 1. The third-order valence-corrected chi connectivity index (χ3v) is 4.91. The minimum absolute atomic E-state index is 0.124. The summed E-state index contributed by atoms with van der Waals surface area (Å²) in [6, 6.07) is 5.41. The van der Waals surface area contributed by atoms with Crippen molar-refractivity contribution in [2.45, 2.75) is 31.3 Å². The van der Waals surface area contributed by atoms with E-state index in [0.717, 1.165) is 36.1 Å². The molecule has 1 heterocycles. The quantitative estimate of drug-likeness (QED) is 0.890. The molecule has 0 spiro atoms. The van der Waals surface area contributed by atoms with Gasteiger partial charge in [0.2, 0.25) is 0 Å². The van der Waals surface area contributed by atoms with Crippen molar-refractivity contribution in [2.24, 2.45) is 0 Å². The largest absolute Gasteiger partial charge is 0.382 e. The Labute approximate surface area is 133 Å². The number of H-pyrrole nitrogens is 1. The smallest absolute Gasteiger partial charge is 0.153 e. The molecule has 0 atom stereocenters. The average Bonchev–Trinajstić information content (AvgIpc) is 2.76. The van der Waals surface area contributed by atoms with Crippen LogP contribution in [-0.2, 0) is 11.2 Å². The summed E-state index contributed by atoms with van der Waals surface area (Å²) in [6.07, 6.45) is 3.99. The van der Waals surface area contributed by atoms with Gasteiger partial charge >= 0.3 is 0 Å². The molecule has 6 heteroatoms. The molecule has 2 aromatic rings. The molecular formula is C15H17Cl2N3O. The maximum Gasteiger partial charge on any atom is 0.153 e. The van der Waals surface area contributed by atoms with Crippen LogP contribution in [0.2, 0.25) is 10.0 Å². The number of nitrogen functional groups attached to an aromatic ring is 1. The van der Waals surface area contributed by atoms with E-state index in [2.05, 4.69) is 10.2 Å². The van der Waals surface area contributed by atoms with E-state index in [1.165, 1.54) is 6.42 Å². The number of hydrogen-bond donors (Lipinski definition) is 2. The number of aromatic nitrogens is 2. The Morgan fingerprint density at radius 2 is 1.95 bits per heavy atom. The lowest BCUT2D eigenvalue weighted by atomic mass is 9.76. The number of anilines is 1. The van der Waals surface area contributed by atoms with Gasteiger partial charge in [-0.1, -0.05) is 29.3 Å². The van der Waals surface area contributed by atoms with Gasteiger partial charge in [-0.2, -0.15) is 5.10 Å². The predicted octanol–water partition coefficient (Wildman–Crippen LogP) is 4.08. The van der Waals surface area contributed by atoms with Gasteiger partial charge < -0.3 is 10.5 Å². The molecular weight excluding hydrogens is 309 g/mol. The molecule has 3 N–H and O–H groups in total. The van der Waals surface area contributed by atoms with Crippen LogP contribution in [0.1, 0.15) is 25.0 Å². The Balaban J connectivity index is 2.05. The monoisotopic (exact) mass is 325 g/mol. The summed E-state index contributed by atoms with van der Waals surface area (Å²) in [4.78, 5) is 0. The molecule has 1 aliphatic rings. The van der Waals surface area contributed by atoms with E-state index in [-0.39, 0.29) is 5.60 Å². The highest BCUT2D eigenvalue weighted by atomic mass is 35.5. The SMILES string of the molecule is COC1(Cc2[nH]nc(N)c2-c2c(Cl)cccc2Cl)CCC1. The first-order valence-corrected chi connectivity index (χ1v) is 7.64. The van der Waals surface area contributed by atoms with Crippen molar-refractivity contribution < 1.29 is 4.74 Å². The summed E-state index contributed by atoms with van der Waals surface area (Å²) in [7, 11) is 1.75. The lowest BCUT2D eigenvalue weighted by Gasteiger charge is -2.40. The molecule has 1 aromatic heterocycles. The highest BCUT2D eigenvalue weighted by Crippen LogP contribution is 2.43. The number of aromatic amines is 1. The van der Waals surface area contributed by atoms with E-state index in [1.807, 2.05) is 6.07 Å². The molecule has 0 bridgehead atoms. The first-order valence-electron chi connectivity index (χ1n) is 6.88. The summed E-state index contributed by atoms with van der Waals surface area (Å²) in [5.74, 6) is 0.408. The molecule has 0 unspecified atom stereocenters. The van der Waals surface area contributed by atoms with Crippen LogP contribution in [0.3, 0.4) is 0 Å². The number of ether oxygens (including phenoxy) is 1. The van der Waals surface area contributed by atoms with Crippen LogP contribution in [0.4, 0.5) is 5.82 Å². The van der Waals surface area contributed by atoms with Gasteiger partial charge in [-0.3, -0.25) is 5.10 Å². The van der Waals surface area contributed by atoms with Crippen LogP contribution in [0.5, 0.6) is 0 Å². The van der Waals surface area contributed by atoms with Gasteiger partial charge in [0.15, 0.2) is 5.82 Å². The van der Waals surface area contributed by atoms with E-state index in [0.29, 0.717) is 15.9 Å². The second-order valence-electron chi connectivity index (χ2n) is 5.48. The Morgan fingerprint density at radius 3 is 2.48 bits per heavy atom. The number of nitrogens with zero attached hydrogens (tertiary/aromatic N) is 1. The number of nitrogens with two attached hydrogens (primary N) is 1. The second kappa shape index (κ2) is 5.52. The van der Waals surface area contributed by atoms with Crippen LogP contribution >= 0.6 is 23.2 Å². The predicted molar refractivity (Wildman–Crippen MR) is 85.8 cm³/mol. The van der Waals surface area contributed by atoms with Gasteiger partial charge in [0, 0.05) is 30.4 Å². The fraction of sp³-hybridized carbons (Fsp3) is 0.400. The molecule has 1 saturated carbocycles. The van der Waals surface area contributed by atoms with Crippen LogP contribution in [0.15, 0.2) is 18.2 Å². The van der Waals surface area contributed by atoms with Crippen LogP contribution in [-0.4, -0.2) is 22.9 Å². The average molecular weight is 326 g/mol. The van der Waals surface area contributed by atoms with Crippen molar-refractivity contribution in [2.75, 3.05) is 12.8 Å². The maximum absolute atomic E-state index is 6.30. The van der Waals surface area contributed by atoms with Gasteiger partial charge in [0.05, 0.1) is 15.6 Å². The highest BCUT2D eigenvalue weighted by Gasteiger charge is 2.38. The van der Waals surface area contributed by atoms with Crippen molar-refractivity contribution in [3.05, 3.63) is 33.9 Å². The van der Waals surface area contributed by atoms with Crippen molar-refractivity contribution in [1.82, 2.24) is 10.2 Å². The minimum atomic E-state index is -0.124. The Bertz CT molecular complexity index is 639.